The summed E-state index contributed by atoms with van der Waals surface area (Å²) in [6, 6.07) is 4.34. The number of carbonyl (C=O) groups is 2. The van der Waals surface area contributed by atoms with Gasteiger partial charge in [-0.05, 0) is 43.5 Å². The fourth-order valence-electron chi connectivity index (χ4n) is 3.19. The molecule has 1 aromatic heterocycles. The number of amides is 1. The second kappa shape index (κ2) is 8.38. The molecule has 3 rings (SSSR count). The molecule has 0 bridgehead atoms. The predicted octanol–water partition coefficient (Wildman–Crippen LogP) is 2.28. The summed E-state index contributed by atoms with van der Waals surface area (Å²) in [5.74, 6) is -1.20. The maximum absolute atomic E-state index is 13.1. The summed E-state index contributed by atoms with van der Waals surface area (Å²) in [7, 11) is -2.51. The standard InChI is InChI=1S/C18H21N3O5S2/c1-12-10-13(17(23)26-2)5-6-15(12)28(24,25)21-8-3-4-14(11-21)16(22)20-18-19-7-9-27-18/h5-7,9-10,14H,3-4,8,11H2,1-2H3,(H,19,20,22). The molecule has 1 unspecified atom stereocenters. The summed E-state index contributed by atoms with van der Waals surface area (Å²) in [5, 5.41) is 4.99. The second-order valence-corrected chi connectivity index (χ2v) is 9.30. The Balaban J connectivity index is 1.78. The number of carbonyl (C=O) groups excluding carboxylic acids is 2. The van der Waals surface area contributed by atoms with E-state index in [4.69, 9.17) is 0 Å². The van der Waals surface area contributed by atoms with Crippen LogP contribution in [0.15, 0.2) is 34.7 Å². The molecular weight excluding hydrogens is 402 g/mol. The Morgan fingerprint density at radius 3 is 2.79 bits per heavy atom. The monoisotopic (exact) mass is 423 g/mol. The number of aryl methyl sites for hydroxylation is 1. The van der Waals surface area contributed by atoms with Crippen molar-refractivity contribution in [1.82, 2.24) is 9.29 Å². The number of hydrogen-bond donors (Lipinski definition) is 1. The van der Waals surface area contributed by atoms with Crippen molar-refractivity contribution in [3.8, 4) is 0 Å². The smallest absolute Gasteiger partial charge is 0.337 e. The van der Waals surface area contributed by atoms with Crippen molar-refractivity contribution in [2.24, 2.45) is 5.92 Å². The van der Waals surface area contributed by atoms with Crippen LogP contribution in [-0.4, -0.2) is 49.8 Å². The van der Waals surface area contributed by atoms with Gasteiger partial charge in [0.1, 0.15) is 0 Å². The molecule has 0 spiro atoms. The van der Waals surface area contributed by atoms with Gasteiger partial charge in [0.25, 0.3) is 0 Å². The molecule has 1 aliphatic heterocycles. The Bertz CT molecular complexity index is 973. The van der Waals surface area contributed by atoms with E-state index in [0.717, 1.165) is 0 Å². The second-order valence-electron chi connectivity index (χ2n) is 6.50. The minimum atomic E-state index is -3.78. The van der Waals surface area contributed by atoms with E-state index in [2.05, 4.69) is 15.0 Å². The van der Waals surface area contributed by atoms with Gasteiger partial charge >= 0.3 is 5.97 Å². The molecule has 28 heavy (non-hydrogen) atoms. The normalized spacial score (nSPS) is 17.9. The van der Waals surface area contributed by atoms with Crippen LogP contribution in [0, 0.1) is 12.8 Å². The van der Waals surface area contributed by atoms with Gasteiger partial charge < -0.3 is 10.1 Å². The maximum Gasteiger partial charge on any atom is 0.337 e. The molecule has 1 aromatic carbocycles. The Morgan fingerprint density at radius 1 is 1.36 bits per heavy atom. The Kier molecular flexibility index (Phi) is 6.11. The molecule has 8 nitrogen and oxygen atoms in total. The molecule has 150 valence electrons. The van der Waals surface area contributed by atoms with Gasteiger partial charge in [0.2, 0.25) is 15.9 Å². The van der Waals surface area contributed by atoms with Crippen molar-refractivity contribution in [1.29, 1.82) is 0 Å². The highest BCUT2D eigenvalue weighted by Gasteiger charge is 2.34. The van der Waals surface area contributed by atoms with Crippen molar-refractivity contribution in [2.45, 2.75) is 24.7 Å². The van der Waals surface area contributed by atoms with Gasteiger partial charge in [0, 0.05) is 24.7 Å². The molecule has 2 heterocycles. The van der Waals surface area contributed by atoms with Crippen molar-refractivity contribution >= 4 is 38.4 Å². The number of nitrogens with zero attached hydrogens (tertiary/aromatic N) is 2. The SMILES string of the molecule is COC(=O)c1ccc(S(=O)(=O)N2CCCC(C(=O)Nc3nccs3)C2)c(C)c1. The van der Waals surface area contributed by atoms with E-state index in [1.165, 1.54) is 41.0 Å². The minimum absolute atomic E-state index is 0.109. The van der Waals surface area contributed by atoms with Gasteiger partial charge in [-0.1, -0.05) is 0 Å². The molecule has 1 aliphatic rings. The van der Waals surface area contributed by atoms with Crippen LogP contribution in [0.1, 0.15) is 28.8 Å². The highest BCUT2D eigenvalue weighted by atomic mass is 32.2. The number of rotatable bonds is 5. The number of methoxy groups -OCH3 is 1. The van der Waals surface area contributed by atoms with Crippen molar-refractivity contribution in [2.75, 3.05) is 25.5 Å². The molecule has 10 heteroatoms. The first kappa shape index (κ1) is 20.4. The lowest BCUT2D eigenvalue weighted by Crippen LogP contribution is -2.43. The summed E-state index contributed by atoms with van der Waals surface area (Å²) < 4.78 is 32.2. The highest BCUT2D eigenvalue weighted by molar-refractivity contribution is 7.89. The molecule has 0 radical (unpaired) electrons. The molecule has 1 atom stereocenters. The average Bonchev–Trinajstić information content (AvgIpc) is 3.20. The number of hydrogen-bond acceptors (Lipinski definition) is 7. The fourth-order valence-corrected chi connectivity index (χ4v) is 5.45. The number of anilines is 1. The lowest BCUT2D eigenvalue weighted by molar-refractivity contribution is -0.120. The third kappa shape index (κ3) is 4.23. The van der Waals surface area contributed by atoms with E-state index in [0.29, 0.717) is 35.6 Å². The minimum Gasteiger partial charge on any atom is -0.465 e. The van der Waals surface area contributed by atoms with Crippen LogP contribution >= 0.6 is 11.3 Å². The maximum atomic E-state index is 13.1. The highest BCUT2D eigenvalue weighted by Crippen LogP contribution is 2.27. The summed E-state index contributed by atoms with van der Waals surface area (Å²) in [6.07, 6.45) is 2.80. The largest absolute Gasteiger partial charge is 0.465 e. The van der Waals surface area contributed by atoms with Crippen LogP contribution in [0.3, 0.4) is 0 Å². The Hall–Kier alpha value is -2.30. The van der Waals surface area contributed by atoms with E-state index < -0.39 is 21.9 Å². The number of aromatic nitrogens is 1. The Morgan fingerprint density at radius 2 is 2.14 bits per heavy atom. The van der Waals surface area contributed by atoms with Crippen molar-refractivity contribution in [3.63, 3.8) is 0 Å². The summed E-state index contributed by atoms with van der Waals surface area (Å²) in [5.41, 5.74) is 0.746. The third-order valence-corrected chi connectivity index (χ3v) is 7.35. The number of esters is 1. The van der Waals surface area contributed by atoms with Crippen LogP contribution in [0.5, 0.6) is 0 Å². The van der Waals surface area contributed by atoms with Gasteiger partial charge in [-0.15, -0.1) is 11.3 Å². The van der Waals surface area contributed by atoms with Crippen LogP contribution in [0.4, 0.5) is 5.13 Å². The molecule has 1 saturated heterocycles. The van der Waals surface area contributed by atoms with Crippen LogP contribution < -0.4 is 5.32 Å². The predicted molar refractivity (Wildman–Crippen MR) is 105 cm³/mol. The van der Waals surface area contributed by atoms with E-state index in [-0.39, 0.29) is 17.3 Å². The first-order chi connectivity index (χ1) is 13.3. The van der Waals surface area contributed by atoms with E-state index in [1.807, 2.05) is 0 Å². The molecule has 1 amide bonds. The van der Waals surface area contributed by atoms with Crippen LogP contribution in [0.25, 0.3) is 0 Å². The number of nitrogens with one attached hydrogen (secondary N) is 1. The Labute approximate surface area is 167 Å². The average molecular weight is 424 g/mol. The fraction of sp³-hybridized carbons (Fsp3) is 0.389. The van der Waals surface area contributed by atoms with Crippen molar-refractivity contribution < 1.29 is 22.7 Å². The van der Waals surface area contributed by atoms with Gasteiger partial charge in [0.05, 0.1) is 23.5 Å². The van der Waals surface area contributed by atoms with Gasteiger partial charge in [0.15, 0.2) is 5.13 Å². The van der Waals surface area contributed by atoms with E-state index >= 15 is 0 Å². The zero-order valence-electron chi connectivity index (χ0n) is 15.5. The molecular formula is C18H21N3O5S2. The zero-order chi connectivity index (χ0) is 20.3. The number of piperidine rings is 1. The van der Waals surface area contributed by atoms with Gasteiger partial charge in [-0.25, -0.2) is 18.2 Å². The quantitative estimate of drug-likeness (QED) is 0.740. The molecule has 0 aliphatic carbocycles. The first-order valence-electron chi connectivity index (χ1n) is 8.72. The lowest BCUT2D eigenvalue weighted by Gasteiger charge is -2.31. The number of thiazole rings is 1. The third-order valence-electron chi connectivity index (χ3n) is 4.63. The molecule has 2 aromatic rings. The van der Waals surface area contributed by atoms with Crippen molar-refractivity contribution in [3.05, 3.63) is 40.9 Å². The van der Waals surface area contributed by atoms with Crippen LogP contribution in [0.2, 0.25) is 0 Å². The molecule has 1 N–H and O–H groups in total. The zero-order valence-corrected chi connectivity index (χ0v) is 17.2. The van der Waals surface area contributed by atoms with E-state index in [9.17, 15) is 18.0 Å². The number of benzene rings is 1. The van der Waals surface area contributed by atoms with E-state index in [1.54, 1.807) is 18.5 Å². The van der Waals surface area contributed by atoms with Crippen LogP contribution in [-0.2, 0) is 19.6 Å². The molecule has 1 fully saturated rings. The summed E-state index contributed by atoms with van der Waals surface area (Å²) >= 11 is 1.31. The van der Waals surface area contributed by atoms with Gasteiger partial charge in [-0.3, -0.25) is 4.79 Å². The first-order valence-corrected chi connectivity index (χ1v) is 11.0. The lowest BCUT2D eigenvalue weighted by atomic mass is 9.99. The molecule has 0 saturated carbocycles. The summed E-state index contributed by atoms with van der Waals surface area (Å²) in [4.78, 5) is 28.3. The topological polar surface area (TPSA) is 106 Å². The van der Waals surface area contributed by atoms with Gasteiger partial charge in [-0.2, -0.15) is 4.31 Å². The number of ether oxygens (including phenoxy) is 1. The summed E-state index contributed by atoms with van der Waals surface area (Å²) in [6.45, 7) is 2.09. The number of sulfonamides is 1.